The van der Waals surface area contributed by atoms with E-state index in [0.717, 1.165) is 32.0 Å². The van der Waals surface area contributed by atoms with Gasteiger partial charge in [0.05, 0.1) is 0 Å². The molecule has 0 aromatic heterocycles. The largest absolute Gasteiger partial charge is 0.354 e. The van der Waals surface area contributed by atoms with Crippen molar-refractivity contribution < 1.29 is 0 Å². The van der Waals surface area contributed by atoms with E-state index in [-0.39, 0.29) is 0 Å². The molecule has 1 fully saturated rings. The van der Waals surface area contributed by atoms with E-state index >= 15 is 0 Å². The number of nitrogens with zero attached hydrogens (tertiary/aromatic N) is 3. The van der Waals surface area contributed by atoms with Crippen molar-refractivity contribution in [2.24, 2.45) is 4.99 Å². The highest BCUT2D eigenvalue weighted by Crippen LogP contribution is 2.02. The third-order valence-electron chi connectivity index (χ3n) is 2.46. The van der Waals surface area contributed by atoms with Gasteiger partial charge in [0.2, 0.25) is 0 Å². The molecule has 0 bridgehead atoms. The molecule has 1 aliphatic rings. The minimum Gasteiger partial charge on any atom is -0.354 e. The highest BCUT2D eigenvalue weighted by atomic mass is 15.3. The molecule has 3 nitrogen and oxygen atoms in total. The quantitative estimate of drug-likeness (QED) is 0.507. The Morgan fingerprint density at radius 3 is 2.27 bits per heavy atom. The Morgan fingerprint density at radius 1 is 1.20 bits per heavy atom. The maximum atomic E-state index is 4.43. The lowest BCUT2D eigenvalue weighted by molar-refractivity contribution is 0.216. The Morgan fingerprint density at radius 2 is 1.80 bits per heavy atom. The number of amidine groups is 1. The second kappa shape index (κ2) is 5.71. The molecule has 0 atom stereocenters. The molecule has 0 aromatic rings. The first-order valence-electron chi connectivity index (χ1n) is 5.40. The van der Waals surface area contributed by atoms with Crippen molar-refractivity contribution in [2.45, 2.75) is 13.8 Å². The fourth-order valence-electron chi connectivity index (χ4n) is 1.49. The van der Waals surface area contributed by atoms with Crippen LogP contribution in [0.4, 0.5) is 0 Å². The van der Waals surface area contributed by atoms with Crippen LogP contribution in [-0.2, 0) is 0 Å². The molecule has 1 saturated heterocycles. The van der Waals surface area contributed by atoms with Crippen LogP contribution >= 0.6 is 0 Å². The van der Waals surface area contributed by atoms with Gasteiger partial charge >= 0.3 is 0 Å². The highest BCUT2D eigenvalue weighted by molar-refractivity contribution is 5.93. The van der Waals surface area contributed by atoms with Crippen LogP contribution in [0.25, 0.3) is 0 Å². The number of aliphatic imine (C=N–C) groups is 1. The minimum absolute atomic E-state index is 0.990. The van der Waals surface area contributed by atoms with Gasteiger partial charge in [0.15, 0.2) is 0 Å². The fraction of sp³-hybridized carbons (Fsp3) is 0.583. The van der Waals surface area contributed by atoms with E-state index in [1.54, 1.807) is 0 Å². The van der Waals surface area contributed by atoms with Gasteiger partial charge in [0, 0.05) is 32.4 Å². The van der Waals surface area contributed by atoms with Crippen molar-refractivity contribution in [3.8, 4) is 0 Å². The summed E-state index contributed by atoms with van der Waals surface area (Å²) in [4.78, 5) is 9.05. The zero-order valence-corrected chi connectivity index (χ0v) is 10.0. The Balaban J connectivity index is 2.63. The van der Waals surface area contributed by atoms with Crippen LogP contribution < -0.4 is 0 Å². The van der Waals surface area contributed by atoms with Crippen LogP contribution in [0.5, 0.6) is 0 Å². The third-order valence-corrected chi connectivity index (χ3v) is 2.46. The van der Waals surface area contributed by atoms with E-state index in [1.807, 2.05) is 26.1 Å². The van der Waals surface area contributed by atoms with Gasteiger partial charge < -0.3 is 9.80 Å². The molecule has 0 radical (unpaired) electrons. The summed E-state index contributed by atoms with van der Waals surface area (Å²) < 4.78 is 0. The van der Waals surface area contributed by atoms with Crippen molar-refractivity contribution in [2.75, 3.05) is 33.2 Å². The molecular weight excluding hydrogens is 186 g/mol. The SMILES string of the molecule is C=CC(=NC=C(C)C)N1CCN(C)CC1. The van der Waals surface area contributed by atoms with Crippen LogP contribution in [0.1, 0.15) is 13.8 Å². The molecule has 1 aliphatic heterocycles. The van der Waals surface area contributed by atoms with Gasteiger partial charge in [-0.1, -0.05) is 12.2 Å². The van der Waals surface area contributed by atoms with Crippen molar-refractivity contribution >= 4 is 5.84 Å². The summed E-state index contributed by atoms with van der Waals surface area (Å²) >= 11 is 0. The number of piperazine rings is 1. The number of allylic oxidation sites excluding steroid dienone is 1. The Bertz CT molecular complexity index is 267. The fourth-order valence-corrected chi connectivity index (χ4v) is 1.49. The summed E-state index contributed by atoms with van der Waals surface area (Å²) in [7, 11) is 2.15. The molecule has 0 saturated carbocycles. The average Bonchev–Trinajstić information content (AvgIpc) is 2.21. The van der Waals surface area contributed by atoms with E-state index in [4.69, 9.17) is 0 Å². The van der Waals surface area contributed by atoms with E-state index in [9.17, 15) is 0 Å². The summed E-state index contributed by atoms with van der Waals surface area (Å²) in [5.74, 6) is 0.990. The normalized spacial score (nSPS) is 18.9. The summed E-state index contributed by atoms with van der Waals surface area (Å²) in [6, 6.07) is 0. The molecule has 0 spiro atoms. The topological polar surface area (TPSA) is 18.8 Å². The smallest absolute Gasteiger partial charge is 0.127 e. The van der Waals surface area contributed by atoms with Crippen LogP contribution in [0.3, 0.4) is 0 Å². The first-order chi connectivity index (χ1) is 7.13. The van der Waals surface area contributed by atoms with Crippen molar-refractivity contribution in [3.63, 3.8) is 0 Å². The predicted molar refractivity (Wildman–Crippen MR) is 66.1 cm³/mol. The molecule has 3 heteroatoms. The summed E-state index contributed by atoms with van der Waals surface area (Å²) in [5, 5.41) is 0. The molecule has 0 aromatic carbocycles. The van der Waals surface area contributed by atoms with Gasteiger partial charge in [-0.25, -0.2) is 4.99 Å². The second-order valence-corrected chi connectivity index (χ2v) is 4.19. The van der Waals surface area contributed by atoms with E-state index in [2.05, 4.69) is 28.4 Å². The van der Waals surface area contributed by atoms with E-state index < -0.39 is 0 Å². The lowest BCUT2D eigenvalue weighted by Crippen LogP contribution is -2.46. The maximum Gasteiger partial charge on any atom is 0.127 e. The van der Waals surface area contributed by atoms with Crippen molar-refractivity contribution in [1.82, 2.24) is 9.80 Å². The van der Waals surface area contributed by atoms with Gasteiger partial charge in [-0.3, -0.25) is 0 Å². The van der Waals surface area contributed by atoms with Gasteiger partial charge in [-0.2, -0.15) is 0 Å². The van der Waals surface area contributed by atoms with Gasteiger partial charge in [-0.15, -0.1) is 0 Å². The van der Waals surface area contributed by atoms with Crippen molar-refractivity contribution in [3.05, 3.63) is 24.4 Å². The van der Waals surface area contributed by atoms with Gasteiger partial charge in [0.25, 0.3) is 0 Å². The first-order valence-corrected chi connectivity index (χ1v) is 5.40. The van der Waals surface area contributed by atoms with Crippen LogP contribution in [-0.4, -0.2) is 48.9 Å². The summed E-state index contributed by atoms with van der Waals surface area (Å²) in [5.41, 5.74) is 1.21. The zero-order chi connectivity index (χ0) is 11.3. The lowest BCUT2D eigenvalue weighted by atomic mass is 10.3. The molecule has 0 unspecified atom stereocenters. The lowest BCUT2D eigenvalue weighted by Gasteiger charge is -2.33. The molecule has 1 heterocycles. The summed E-state index contributed by atoms with van der Waals surface area (Å²) in [6.07, 6.45) is 3.74. The Hall–Kier alpha value is -1.09. The molecule has 0 N–H and O–H groups in total. The third kappa shape index (κ3) is 3.88. The monoisotopic (exact) mass is 207 g/mol. The highest BCUT2D eigenvalue weighted by Gasteiger charge is 2.14. The molecule has 15 heavy (non-hydrogen) atoms. The average molecular weight is 207 g/mol. The minimum atomic E-state index is 0.990. The number of hydrogen-bond donors (Lipinski definition) is 0. The van der Waals surface area contributed by atoms with Gasteiger partial charge in [-0.05, 0) is 27.0 Å². The summed E-state index contributed by atoms with van der Waals surface area (Å²) in [6.45, 7) is 12.2. The molecule has 1 rings (SSSR count). The number of rotatable bonds is 2. The van der Waals surface area contributed by atoms with E-state index in [0.29, 0.717) is 0 Å². The second-order valence-electron chi connectivity index (χ2n) is 4.19. The van der Waals surface area contributed by atoms with Crippen molar-refractivity contribution in [1.29, 1.82) is 0 Å². The number of hydrogen-bond acceptors (Lipinski definition) is 2. The maximum absolute atomic E-state index is 4.43. The molecule has 0 aliphatic carbocycles. The Labute approximate surface area is 92.8 Å². The number of likely N-dealkylation sites (N-methyl/N-ethyl adjacent to an activating group) is 1. The Kier molecular flexibility index (Phi) is 4.56. The van der Waals surface area contributed by atoms with Crippen LogP contribution in [0.15, 0.2) is 29.4 Å². The molecule has 0 amide bonds. The molecular formula is C12H21N3. The van der Waals surface area contributed by atoms with E-state index in [1.165, 1.54) is 5.57 Å². The zero-order valence-electron chi connectivity index (χ0n) is 10.0. The first kappa shape index (κ1) is 12.0. The van der Waals surface area contributed by atoms with Gasteiger partial charge in [0.1, 0.15) is 5.84 Å². The molecule has 84 valence electrons. The predicted octanol–water partition coefficient (Wildman–Crippen LogP) is 1.74. The standard InChI is InChI=1S/C12H21N3/c1-5-12(13-10-11(2)3)15-8-6-14(4)7-9-15/h5,10H,1,6-9H2,2-4H3. The van der Waals surface area contributed by atoms with Crippen LogP contribution in [0, 0.1) is 0 Å². The van der Waals surface area contributed by atoms with Crippen LogP contribution in [0.2, 0.25) is 0 Å².